The number of rotatable bonds is 5. The van der Waals surface area contributed by atoms with Crippen LogP contribution >= 0.6 is 0 Å². The van der Waals surface area contributed by atoms with Crippen LogP contribution in [0.1, 0.15) is 37.7 Å². The van der Waals surface area contributed by atoms with Crippen molar-refractivity contribution in [2.45, 2.75) is 56.8 Å². The van der Waals surface area contributed by atoms with Crippen molar-refractivity contribution in [3.63, 3.8) is 0 Å². The first kappa shape index (κ1) is 20.3. The van der Waals surface area contributed by atoms with Crippen molar-refractivity contribution in [2.75, 3.05) is 33.2 Å². The second-order valence-electron chi connectivity index (χ2n) is 8.59. The summed E-state index contributed by atoms with van der Waals surface area (Å²) in [5, 5.41) is 3.11. The minimum absolute atomic E-state index is 0.0647. The Morgan fingerprint density at radius 2 is 1.90 bits per heavy atom. The first-order valence-corrected chi connectivity index (χ1v) is 10.8. The normalized spacial score (nSPS) is 28.3. The van der Waals surface area contributed by atoms with E-state index in [9.17, 15) is 14.0 Å². The predicted octanol–water partition coefficient (Wildman–Crippen LogP) is 1.60. The topological polar surface area (TPSA) is 55.9 Å². The molecule has 1 aromatic carbocycles. The van der Waals surface area contributed by atoms with E-state index < -0.39 is 0 Å². The van der Waals surface area contributed by atoms with Crippen LogP contribution < -0.4 is 5.32 Å². The summed E-state index contributed by atoms with van der Waals surface area (Å²) in [6.07, 6.45) is 4.46. The monoisotopic (exact) mass is 402 g/mol. The summed E-state index contributed by atoms with van der Waals surface area (Å²) in [6.45, 7) is 3.84. The van der Waals surface area contributed by atoms with Gasteiger partial charge in [0.2, 0.25) is 11.8 Å². The van der Waals surface area contributed by atoms with E-state index in [2.05, 4.69) is 22.2 Å². The zero-order valence-electron chi connectivity index (χ0n) is 17.1. The highest BCUT2D eigenvalue weighted by Crippen LogP contribution is 2.28. The third-order valence-electron chi connectivity index (χ3n) is 6.80. The summed E-state index contributed by atoms with van der Waals surface area (Å²) in [5.74, 6) is 0.0634. The molecular weight excluding hydrogens is 371 g/mol. The van der Waals surface area contributed by atoms with Crippen molar-refractivity contribution in [3.8, 4) is 0 Å². The number of benzene rings is 1. The molecule has 3 fully saturated rings. The van der Waals surface area contributed by atoms with Crippen LogP contribution in [-0.2, 0) is 16.1 Å². The molecular formula is C22H31FN4O2. The van der Waals surface area contributed by atoms with E-state index in [1.54, 1.807) is 12.1 Å². The Labute approximate surface area is 172 Å². The molecule has 1 N–H and O–H groups in total. The Bertz CT molecular complexity index is 735. The molecule has 4 rings (SSSR count). The van der Waals surface area contributed by atoms with Gasteiger partial charge < -0.3 is 10.2 Å². The number of carbonyl (C=O) groups excluding carboxylic acids is 2. The molecule has 0 saturated carbocycles. The largest absolute Gasteiger partial charge is 0.353 e. The first-order valence-electron chi connectivity index (χ1n) is 10.8. The molecule has 158 valence electrons. The smallest absolute Gasteiger partial charge is 0.239 e. The van der Waals surface area contributed by atoms with E-state index in [0.717, 1.165) is 50.9 Å². The number of nitrogens with zero attached hydrogens (tertiary/aromatic N) is 3. The Balaban J connectivity index is 1.39. The van der Waals surface area contributed by atoms with Crippen LogP contribution in [0.15, 0.2) is 24.3 Å². The van der Waals surface area contributed by atoms with Gasteiger partial charge in [-0.2, -0.15) is 0 Å². The number of hydrogen-bond donors (Lipinski definition) is 1. The number of halogens is 1. The van der Waals surface area contributed by atoms with Gasteiger partial charge in [0, 0.05) is 51.2 Å². The van der Waals surface area contributed by atoms with Gasteiger partial charge >= 0.3 is 0 Å². The van der Waals surface area contributed by atoms with E-state index >= 15 is 0 Å². The van der Waals surface area contributed by atoms with Crippen molar-refractivity contribution in [2.24, 2.45) is 0 Å². The van der Waals surface area contributed by atoms with Gasteiger partial charge in [-0.3, -0.25) is 19.4 Å². The molecule has 3 aliphatic heterocycles. The van der Waals surface area contributed by atoms with Crippen molar-refractivity contribution in [3.05, 3.63) is 35.6 Å². The minimum Gasteiger partial charge on any atom is -0.353 e. The molecule has 29 heavy (non-hydrogen) atoms. The molecule has 3 atom stereocenters. The van der Waals surface area contributed by atoms with Gasteiger partial charge in [-0.1, -0.05) is 12.1 Å². The molecule has 3 aliphatic rings. The SMILES string of the molecule is CN1[C@@H](CCC(=O)N2CCCC2)CNC(=O)[C@@H]2[C@@H]1CCN2Cc1ccc(F)cc1. The fourth-order valence-corrected chi connectivity index (χ4v) is 5.07. The highest BCUT2D eigenvalue weighted by Gasteiger charge is 2.44. The van der Waals surface area contributed by atoms with Crippen molar-refractivity contribution >= 4 is 11.8 Å². The van der Waals surface area contributed by atoms with E-state index in [1.165, 1.54) is 12.1 Å². The highest BCUT2D eigenvalue weighted by molar-refractivity contribution is 5.83. The maximum absolute atomic E-state index is 13.2. The van der Waals surface area contributed by atoms with Gasteiger partial charge in [-0.15, -0.1) is 0 Å². The third-order valence-corrected chi connectivity index (χ3v) is 6.80. The van der Waals surface area contributed by atoms with Crippen LogP contribution in [0.25, 0.3) is 0 Å². The van der Waals surface area contributed by atoms with Crippen LogP contribution in [0, 0.1) is 5.82 Å². The van der Waals surface area contributed by atoms with Crippen LogP contribution in [0.5, 0.6) is 0 Å². The van der Waals surface area contributed by atoms with E-state index in [-0.39, 0.29) is 35.8 Å². The molecule has 0 bridgehead atoms. The van der Waals surface area contributed by atoms with Crippen LogP contribution in [0.2, 0.25) is 0 Å². The molecule has 0 aromatic heterocycles. The average Bonchev–Trinajstić information content (AvgIpc) is 3.37. The highest BCUT2D eigenvalue weighted by atomic mass is 19.1. The van der Waals surface area contributed by atoms with Gasteiger partial charge in [0.15, 0.2) is 0 Å². The standard InChI is InChI=1S/C22H31FN4O2/c1-25-18(8-9-20(28)26-11-2-3-12-26)14-24-22(29)21-19(25)10-13-27(21)15-16-4-6-17(23)7-5-16/h4-7,18-19,21H,2-3,8-15H2,1H3,(H,24,29)/t18-,19-,21-/m0/s1. The molecule has 6 nitrogen and oxygen atoms in total. The maximum Gasteiger partial charge on any atom is 0.239 e. The zero-order valence-corrected chi connectivity index (χ0v) is 17.1. The van der Waals surface area contributed by atoms with E-state index in [4.69, 9.17) is 0 Å². The number of amides is 2. The lowest BCUT2D eigenvalue weighted by Gasteiger charge is -2.33. The Hall–Kier alpha value is -1.99. The molecule has 7 heteroatoms. The summed E-state index contributed by atoms with van der Waals surface area (Å²) < 4.78 is 13.2. The fraction of sp³-hybridized carbons (Fsp3) is 0.636. The molecule has 0 spiro atoms. The van der Waals surface area contributed by atoms with E-state index in [0.29, 0.717) is 19.5 Å². The number of likely N-dealkylation sites (tertiary alicyclic amines) is 2. The van der Waals surface area contributed by atoms with Crippen LogP contribution in [-0.4, -0.2) is 77.9 Å². The van der Waals surface area contributed by atoms with E-state index in [1.807, 2.05) is 4.90 Å². The van der Waals surface area contributed by atoms with Crippen molar-refractivity contribution < 1.29 is 14.0 Å². The van der Waals surface area contributed by atoms with Crippen LogP contribution in [0.3, 0.4) is 0 Å². The summed E-state index contributed by atoms with van der Waals surface area (Å²) >= 11 is 0. The number of carbonyl (C=O) groups is 2. The third kappa shape index (κ3) is 4.46. The average molecular weight is 403 g/mol. The van der Waals surface area contributed by atoms with Crippen molar-refractivity contribution in [1.82, 2.24) is 20.0 Å². The molecule has 3 saturated heterocycles. The van der Waals surface area contributed by atoms with Gasteiger partial charge in [-0.25, -0.2) is 4.39 Å². The molecule has 3 heterocycles. The lowest BCUT2D eigenvalue weighted by Crippen LogP contribution is -2.49. The lowest BCUT2D eigenvalue weighted by atomic mass is 10.0. The lowest BCUT2D eigenvalue weighted by molar-refractivity contribution is -0.130. The van der Waals surface area contributed by atoms with Gasteiger partial charge in [0.05, 0.1) is 0 Å². The van der Waals surface area contributed by atoms with Gasteiger partial charge in [0.1, 0.15) is 11.9 Å². The summed E-state index contributed by atoms with van der Waals surface area (Å²) in [6, 6.07) is 6.62. The number of nitrogens with one attached hydrogen (secondary N) is 1. The Morgan fingerprint density at radius 3 is 2.62 bits per heavy atom. The quantitative estimate of drug-likeness (QED) is 0.813. The summed E-state index contributed by atoms with van der Waals surface area (Å²) in [4.78, 5) is 31.8. The van der Waals surface area contributed by atoms with Crippen molar-refractivity contribution in [1.29, 1.82) is 0 Å². The Morgan fingerprint density at radius 1 is 1.17 bits per heavy atom. The summed E-state index contributed by atoms with van der Waals surface area (Å²) in [7, 11) is 2.09. The minimum atomic E-state index is -0.244. The predicted molar refractivity (Wildman–Crippen MR) is 109 cm³/mol. The molecule has 0 radical (unpaired) electrons. The van der Waals surface area contributed by atoms with Crippen LogP contribution in [0.4, 0.5) is 4.39 Å². The zero-order chi connectivity index (χ0) is 20.4. The van der Waals surface area contributed by atoms with Gasteiger partial charge in [-0.05, 0) is 50.4 Å². The molecule has 0 unspecified atom stereocenters. The van der Waals surface area contributed by atoms with Gasteiger partial charge in [0.25, 0.3) is 0 Å². The first-order chi connectivity index (χ1) is 14.0. The second-order valence-corrected chi connectivity index (χ2v) is 8.59. The Kier molecular flexibility index (Phi) is 6.15. The number of likely N-dealkylation sites (N-methyl/N-ethyl adjacent to an activating group) is 1. The molecule has 1 aromatic rings. The number of fused-ring (bicyclic) bond motifs is 1. The fourth-order valence-electron chi connectivity index (χ4n) is 5.07. The maximum atomic E-state index is 13.2. The second kappa shape index (κ2) is 8.79. The molecule has 0 aliphatic carbocycles. The molecule has 2 amide bonds. The summed E-state index contributed by atoms with van der Waals surface area (Å²) in [5.41, 5.74) is 1.01. The number of hydrogen-bond acceptors (Lipinski definition) is 4.